The molecule has 18 heavy (non-hydrogen) atoms. The Labute approximate surface area is 116 Å². The number of benzene rings is 1. The quantitative estimate of drug-likeness (QED) is 0.908. The van der Waals surface area contributed by atoms with Crippen LogP contribution in [0.15, 0.2) is 22.7 Å². The van der Waals surface area contributed by atoms with E-state index >= 15 is 0 Å². The van der Waals surface area contributed by atoms with Crippen LogP contribution in [-0.4, -0.2) is 31.5 Å². The number of hydrogen-bond donors (Lipinski definition) is 1. The SMILES string of the molecule is COc1ccc(CC(O)CC2CCOC2)cc1Br. The monoisotopic (exact) mass is 314 g/mol. The van der Waals surface area contributed by atoms with Crippen molar-refractivity contribution in [2.45, 2.75) is 25.4 Å². The Morgan fingerprint density at radius 2 is 2.39 bits per heavy atom. The normalized spacial score (nSPS) is 20.9. The highest BCUT2D eigenvalue weighted by molar-refractivity contribution is 9.10. The predicted octanol–water partition coefficient (Wildman–Crippen LogP) is 2.79. The summed E-state index contributed by atoms with van der Waals surface area (Å²) in [5, 5.41) is 10.1. The van der Waals surface area contributed by atoms with Crippen LogP contribution in [0.25, 0.3) is 0 Å². The molecule has 0 aliphatic carbocycles. The van der Waals surface area contributed by atoms with Crippen LogP contribution in [0.5, 0.6) is 5.75 Å². The Morgan fingerprint density at radius 1 is 1.56 bits per heavy atom. The van der Waals surface area contributed by atoms with Gasteiger partial charge in [-0.05, 0) is 58.8 Å². The maximum absolute atomic E-state index is 10.1. The zero-order chi connectivity index (χ0) is 13.0. The third-order valence-corrected chi connectivity index (χ3v) is 3.94. The van der Waals surface area contributed by atoms with Crippen molar-refractivity contribution in [3.05, 3.63) is 28.2 Å². The van der Waals surface area contributed by atoms with E-state index in [9.17, 15) is 5.11 Å². The molecule has 3 nitrogen and oxygen atoms in total. The smallest absolute Gasteiger partial charge is 0.133 e. The van der Waals surface area contributed by atoms with Crippen molar-refractivity contribution < 1.29 is 14.6 Å². The van der Waals surface area contributed by atoms with E-state index in [1.165, 1.54) is 0 Å². The first-order valence-electron chi connectivity index (χ1n) is 6.27. The number of aliphatic hydroxyl groups is 1. The summed E-state index contributed by atoms with van der Waals surface area (Å²) in [6.45, 7) is 1.63. The van der Waals surface area contributed by atoms with Crippen molar-refractivity contribution in [3.63, 3.8) is 0 Å². The van der Waals surface area contributed by atoms with Crippen LogP contribution in [0.3, 0.4) is 0 Å². The Bertz CT molecular complexity index is 389. The predicted molar refractivity (Wildman–Crippen MR) is 73.9 cm³/mol. The first-order valence-corrected chi connectivity index (χ1v) is 7.06. The molecule has 2 rings (SSSR count). The molecule has 0 radical (unpaired) electrons. The second-order valence-electron chi connectivity index (χ2n) is 4.79. The molecule has 1 aliphatic rings. The number of hydrogen-bond acceptors (Lipinski definition) is 3. The van der Waals surface area contributed by atoms with Gasteiger partial charge in [0.2, 0.25) is 0 Å². The molecule has 4 heteroatoms. The lowest BCUT2D eigenvalue weighted by atomic mass is 9.96. The second-order valence-corrected chi connectivity index (χ2v) is 5.65. The van der Waals surface area contributed by atoms with E-state index in [-0.39, 0.29) is 6.10 Å². The van der Waals surface area contributed by atoms with E-state index in [1.54, 1.807) is 7.11 Å². The van der Waals surface area contributed by atoms with E-state index in [1.807, 2.05) is 18.2 Å². The molecule has 0 aromatic heterocycles. The van der Waals surface area contributed by atoms with E-state index in [2.05, 4.69) is 15.9 Å². The zero-order valence-electron chi connectivity index (χ0n) is 10.6. The maximum atomic E-state index is 10.1. The van der Waals surface area contributed by atoms with Crippen LogP contribution in [0, 0.1) is 5.92 Å². The third-order valence-electron chi connectivity index (χ3n) is 3.32. The standard InChI is InChI=1S/C14H19BrO3/c1-17-14-3-2-10(8-13(14)15)6-12(16)7-11-4-5-18-9-11/h2-3,8,11-12,16H,4-7,9H2,1H3. The maximum Gasteiger partial charge on any atom is 0.133 e. The van der Waals surface area contributed by atoms with E-state index < -0.39 is 0 Å². The Morgan fingerprint density at radius 3 is 3.00 bits per heavy atom. The molecule has 100 valence electrons. The molecule has 0 saturated carbocycles. The minimum absolute atomic E-state index is 0.294. The molecule has 0 spiro atoms. The van der Waals surface area contributed by atoms with Gasteiger partial charge in [-0.25, -0.2) is 0 Å². The summed E-state index contributed by atoms with van der Waals surface area (Å²) in [7, 11) is 1.65. The lowest BCUT2D eigenvalue weighted by Crippen LogP contribution is -2.16. The first-order chi connectivity index (χ1) is 8.69. The van der Waals surface area contributed by atoms with E-state index in [0.717, 1.165) is 41.8 Å². The molecule has 1 heterocycles. The van der Waals surface area contributed by atoms with Gasteiger partial charge in [0.15, 0.2) is 0 Å². The van der Waals surface area contributed by atoms with Gasteiger partial charge in [-0.15, -0.1) is 0 Å². The molecule has 2 unspecified atom stereocenters. The topological polar surface area (TPSA) is 38.7 Å². The van der Waals surface area contributed by atoms with Crippen LogP contribution >= 0.6 is 15.9 Å². The fourth-order valence-corrected chi connectivity index (χ4v) is 2.93. The lowest BCUT2D eigenvalue weighted by Gasteiger charge is -2.15. The molecular weight excluding hydrogens is 296 g/mol. The van der Waals surface area contributed by atoms with Crippen molar-refractivity contribution in [3.8, 4) is 5.75 Å². The molecule has 1 fully saturated rings. The Kier molecular flexibility index (Phi) is 5.03. The van der Waals surface area contributed by atoms with Crippen molar-refractivity contribution in [2.75, 3.05) is 20.3 Å². The molecule has 1 aromatic rings. The zero-order valence-corrected chi connectivity index (χ0v) is 12.1. The lowest BCUT2D eigenvalue weighted by molar-refractivity contribution is 0.128. The van der Waals surface area contributed by atoms with Crippen molar-refractivity contribution in [1.82, 2.24) is 0 Å². The summed E-state index contributed by atoms with van der Waals surface area (Å²) >= 11 is 3.46. The molecular formula is C14H19BrO3. The highest BCUT2D eigenvalue weighted by Gasteiger charge is 2.19. The molecule has 1 aromatic carbocycles. The van der Waals surface area contributed by atoms with Crippen LogP contribution in [-0.2, 0) is 11.2 Å². The number of methoxy groups -OCH3 is 1. The average Bonchev–Trinajstić information content (AvgIpc) is 2.82. The molecule has 1 aliphatic heterocycles. The highest BCUT2D eigenvalue weighted by Crippen LogP contribution is 2.27. The third kappa shape index (κ3) is 3.70. The van der Waals surface area contributed by atoms with Gasteiger partial charge in [0, 0.05) is 13.2 Å². The summed E-state index contributed by atoms with van der Waals surface area (Å²) in [5.41, 5.74) is 1.12. The molecule has 0 amide bonds. The minimum atomic E-state index is -0.294. The fourth-order valence-electron chi connectivity index (χ4n) is 2.35. The Hall–Kier alpha value is -0.580. The van der Waals surface area contributed by atoms with Crippen LogP contribution < -0.4 is 4.74 Å². The van der Waals surface area contributed by atoms with Gasteiger partial charge in [-0.3, -0.25) is 0 Å². The molecule has 1 saturated heterocycles. The van der Waals surface area contributed by atoms with Gasteiger partial charge in [0.1, 0.15) is 5.75 Å². The summed E-state index contributed by atoms with van der Waals surface area (Å²) in [4.78, 5) is 0. The van der Waals surface area contributed by atoms with Crippen molar-refractivity contribution in [2.24, 2.45) is 5.92 Å². The van der Waals surface area contributed by atoms with Crippen LogP contribution in [0.1, 0.15) is 18.4 Å². The molecule has 0 bridgehead atoms. The number of rotatable bonds is 5. The summed E-state index contributed by atoms with van der Waals surface area (Å²) < 4.78 is 11.4. The fraction of sp³-hybridized carbons (Fsp3) is 0.571. The summed E-state index contributed by atoms with van der Waals surface area (Å²) in [5.74, 6) is 1.33. The second kappa shape index (κ2) is 6.55. The largest absolute Gasteiger partial charge is 0.496 e. The molecule has 2 atom stereocenters. The van der Waals surface area contributed by atoms with Crippen LogP contribution in [0.2, 0.25) is 0 Å². The van der Waals surface area contributed by atoms with Crippen molar-refractivity contribution >= 4 is 15.9 Å². The Balaban J connectivity index is 1.89. The van der Waals surface area contributed by atoms with Gasteiger partial charge in [-0.1, -0.05) is 6.07 Å². The van der Waals surface area contributed by atoms with Gasteiger partial charge < -0.3 is 14.6 Å². The highest BCUT2D eigenvalue weighted by atomic mass is 79.9. The van der Waals surface area contributed by atoms with Gasteiger partial charge in [0.05, 0.1) is 17.7 Å². The minimum Gasteiger partial charge on any atom is -0.496 e. The number of ether oxygens (including phenoxy) is 2. The van der Waals surface area contributed by atoms with E-state index in [4.69, 9.17) is 9.47 Å². The van der Waals surface area contributed by atoms with E-state index in [0.29, 0.717) is 12.3 Å². The average molecular weight is 315 g/mol. The van der Waals surface area contributed by atoms with Gasteiger partial charge in [0.25, 0.3) is 0 Å². The van der Waals surface area contributed by atoms with Crippen molar-refractivity contribution in [1.29, 1.82) is 0 Å². The first kappa shape index (κ1) is 13.8. The number of halogens is 1. The van der Waals surface area contributed by atoms with Gasteiger partial charge >= 0.3 is 0 Å². The van der Waals surface area contributed by atoms with Crippen LogP contribution in [0.4, 0.5) is 0 Å². The van der Waals surface area contributed by atoms with Gasteiger partial charge in [-0.2, -0.15) is 0 Å². The number of aliphatic hydroxyl groups excluding tert-OH is 1. The molecule has 1 N–H and O–H groups in total. The summed E-state index contributed by atoms with van der Waals surface area (Å²) in [6, 6.07) is 5.93. The summed E-state index contributed by atoms with van der Waals surface area (Å²) in [6.07, 6.45) is 2.28.